The van der Waals surface area contributed by atoms with Crippen molar-refractivity contribution in [2.45, 2.75) is 6.54 Å². The van der Waals surface area contributed by atoms with Crippen LogP contribution in [-0.2, 0) is 6.54 Å². The molecule has 41 heavy (non-hydrogen) atoms. The van der Waals surface area contributed by atoms with Gasteiger partial charge in [0.15, 0.2) is 5.65 Å². The average Bonchev–Trinajstić information content (AvgIpc) is 3.44. The molecule has 10 nitrogen and oxygen atoms in total. The van der Waals surface area contributed by atoms with Crippen LogP contribution in [0.25, 0.3) is 11.0 Å². The van der Waals surface area contributed by atoms with E-state index in [1.54, 1.807) is 20.5 Å². The molecule has 3 aromatic carbocycles. The van der Waals surface area contributed by atoms with E-state index in [-0.39, 0.29) is 5.91 Å². The summed E-state index contributed by atoms with van der Waals surface area (Å²) in [5.41, 5.74) is 4.19. The maximum Gasteiger partial charge on any atom is 0.255 e. The van der Waals surface area contributed by atoms with Crippen molar-refractivity contribution in [1.82, 2.24) is 19.7 Å². The van der Waals surface area contributed by atoms with E-state index in [2.05, 4.69) is 36.2 Å². The van der Waals surface area contributed by atoms with E-state index in [0.717, 1.165) is 65.8 Å². The van der Waals surface area contributed by atoms with E-state index < -0.39 is 0 Å². The first-order chi connectivity index (χ1) is 20.1. The van der Waals surface area contributed by atoms with Crippen LogP contribution in [0.5, 0.6) is 11.5 Å². The first kappa shape index (κ1) is 26.1. The molecule has 0 unspecified atom stereocenters. The first-order valence-electron chi connectivity index (χ1n) is 13.5. The standard InChI is InChI=1S/C31H31N7O3/c1-40-25-13-11-24(12-14-25)35-31(39)23-9-7-22(8-10-23)20-38-30-26(19-34-38)29(32-21-33-30)37-17-15-36(16-18-37)27-5-3-4-6-28(27)41-2/h3-14,19,21H,15-18,20H2,1-2H3,(H,35,39). The fourth-order valence-electron chi connectivity index (χ4n) is 5.11. The number of benzene rings is 3. The van der Waals surface area contributed by atoms with Gasteiger partial charge in [-0.3, -0.25) is 4.79 Å². The number of nitrogens with zero attached hydrogens (tertiary/aromatic N) is 6. The third-order valence-corrected chi connectivity index (χ3v) is 7.31. The number of anilines is 3. The van der Waals surface area contributed by atoms with Gasteiger partial charge in [0.2, 0.25) is 0 Å². The molecule has 6 rings (SSSR count). The molecule has 1 aliphatic heterocycles. The molecule has 0 radical (unpaired) electrons. The second kappa shape index (κ2) is 11.5. The predicted molar refractivity (Wildman–Crippen MR) is 159 cm³/mol. The van der Waals surface area contributed by atoms with Crippen LogP contribution < -0.4 is 24.6 Å². The van der Waals surface area contributed by atoms with E-state index in [1.165, 1.54) is 0 Å². The van der Waals surface area contributed by atoms with Crippen molar-refractivity contribution in [2.75, 3.05) is 55.5 Å². The lowest BCUT2D eigenvalue weighted by Gasteiger charge is -2.37. The molecule has 3 heterocycles. The number of para-hydroxylation sites is 2. The Morgan fingerprint density at radius 3 is 2.32 bits per heavy atom. The number of fused-ring (bicyclic) bond motifs is 1. The van der Waals surface area contributed by atoms with Crippen molar-refractivity contribution in [3.05, 3.63) is 96.4 Å². The molecule has 0 bridgehead atoms. The van der Waals surface area contributed by atoms with Gasteiger partial charge < -0.3 is 24.6 Å². The fourth-order valence-corrected chi connectivity index (χ4v) is 5.11. The van der Waals surface area contributed by atoms with Gasteiger partial charge in [-0.25, -0.2) is 14.6 Å². The molecule has 208 valence electrons. The molecular weight excluding hydrogens is 518 g/mol. The molecule has 1 N–H and O–H groups in total. The largest absolute Gasteiger partial charge is 0.497 e. The molecule has 0 saturated carbocycles. The summed E-state index contributed by atoms with van der Waals surface area (Å²) in [6.07, 6.45) is 3.45. The minimum Gasteiger partial charge on any atom is -0.497 e. The molecule has 1 amide bonds. The van der Waals surface area contributed by atoms with Crippen LogP contribution in [0.1, 0.15) is 15.9 Å². The van der Waals surface area contributed by atoms with Gasteiger partial charge in [-0.2, -0.15) is 5.10 Å². The zero-order chi connectivity index (χ0) is 28.2. The van der Waals surface area contributed by atoms with Crippen molar-refractivity contribution in [2.24, 2.45) is 0 Å². The van der Waals surface area contributed by atoms with E-state index in [0.29, 0.717) is 17.8 Å². The first-order valence-corrected chi connectivity index (χ1v) is 13.5. The van der Waals surface area contributed by atoms with Gasteiger partial charge in [0, 0.05) is 37.4 Å². The predicted octanol–water partition coefficient (Wildman–Crippen LogP) is 4.47. The Bertz CT molecular complexity index is 1640. The minimum absolute atomic E-state index is 0.172. The number of ether oxygens (including phenoxy) is 2. The Hall–Kier alpha value is -5.12. The second-order valence-corrected chi connectivity index (χ2v) is 9.76. The molecule has 2 aromatic heterocycles. The molecule has 0 atom stereocenters. The SMILES string of the molecule is COc1ccc(NC(=O)c2ccc(Cn3ncc4c(N5CCN(c6ccccc6OC)CC5)ncnc43)cc2)cc1. The molecule has 0 spiro atoms. The lowest BCUT2D eigenvalue weighted by molar-refractivity contribution is 0.102. The highest BCUT2D eigenvalue weighted by atomic mass is 16.5. The van der Waals surface area contributed by atoms with Crippen LogP contribution in [0, 0.1) is 0 Å². The van der Waals surface area contributed by atoms with Crippen molar-refractivity contribution < 1.29 is 14.3 Å². The van der Waals surface area contributed by atoms with E-state index in [4.69, 9.17) is 9.47 Å². The van der Waals surface area contributed by atoms with Crippen LogP contribution in [0.4, 0.5) is 17.2 Å². The highest BCUT2D eigenvalue weighted by molar-refractivity contribution is 6.04. The van der Waals surface area contributed by atoms with Gasteiger partial charge in [-0.05, 0) is 54.1 Å². The summed E-state index contributed by atoms with van der Waals surface area (Å²) in [6.45, 7) is 3.91. The maximum atomic E-state index is 12.7. The Morgan fingerprint density at radius 1 is 0.854 bits per heavy atom. The number of rotatable bonds is 8. The number of hydrogen-bond acceptors (Lipinski definition) is 8. The smallest absolute Gasteiger partial charge is 0.255 e. The molecule has 1 fully saturated rings. The Balaban J connectivity index is 1.12. The fraction of sp³-hybridized carbons (Fsp3) is 0.226. The van der Waals surface area contributed by atoms with Gasteiger partial charge >= 0.3 is 0 Å². The van der Waals surface area contributed by atoms with Gasteiger partial charge in [0.25, 0.3) is 5.91 Å². The number of hydrogen-bond donors (Lipinski definition) is 1. The quantitative estimate of drug-likeness (QED) is 0.303. The van der Waals surface area contributed by atoms with Gasteiger partial charge in [0.1, 0.15) is 23.6 Å². The zero-order valence-corrected chi connectivity index (χ0v) is 23.0. The van der Waals surface area contributed by atoms with Crippen molar-refractivity contribution in [3.63, 3.8) is 0 Å². The summed E-state index contributed by atoms with van der Waals surface area (Å²) in [7, 11) is 3.32. The summed E-state index contributed by atoms with van der Waals surface area (Å²) in [5, 5.41) is 8.47. The molecule has 0 aliphatic carbocycles. The average molecular weight is 550 g/mol. The lowest BCUT2D eigenvalue weighted by Crippen LogP contribution is -2.47. The molecule has 5 aromatic rings. The van der Waals surface area contributed by atoms with E-state index in [1.807, 2.05) is 77.6 Å². The Labute approximate surface area is 238 Å². The summed E-state index contributed by atoms with van der Waals surface area (Å²) in [5.74, 6) is 2.35. The summed E-state index contributed by atoms with van der Waals surface area (Å²) in [6, 6.07) is 22.9. The van der Waals surface area contributed by atoms with Crippen LogP contribution in [-0.4, -0.2) is 66.1 Å². The summed E-state index contributed by atoms with van der Waals surface area (Å²) < 4.78 is 12.6. The number of aromatic nitrogens is 4. The molecular formula is C31H31N7O3. The second-order valence-electron chi connectivity index (χ2n) is 9.76. The topological polar surface area (TPSA) is 97.6 Å². The number of methoxy groups -OCH3 is 2. The monoisotopic (exact) mass is 549 g/mol. The number of piperazine rings is 1. The van der Waals surface area contributed by atoms with E-state index in [9.17, 15) is 4.79 Å². The van der Waals surface area contributed by atoms with Gasteiger partial charge in [0.05, 0.1) is 38.0 Å². The number of carbonyl (C=O) groups is 1. The van der Waals surface area contributed by atoms with Crippen LogP contribution >= 0.6 is 0 Å². The lowest BCUT2D eigenvalue weighted by atomic mass is 10.1. The van der Waals surface area contributed by atoms with E-state index >= 15 is 0 Å². The number of carbonyl (C=O) groups excluding carboxylic acids is 1. The minimum atomic E-state index is -0.172. The maximum absolute atomic E-state index is 12.7. The summed E-state index contributed by atoms with van der Waals surface area (Å²) in [4.78, 5) is 26.5. The number of nitrogens with one attached hydrogen (secondary N) is 1. The molecule has 1 aliphatic rings. The highest BCUT2D eigenvalue weighted by Gasteiger charge is 2.23. The van der Waals surface area contributed by atoms with Crippen LogP contribution in [0.15, 0.2) is 85.3 Å². The van der Waals surface area contributed by atoms with Crippen LogP contribution in [0.3, 0.4) is 0 Å². The van der Waals surface area contributed by atoms with Crippen molar-refractivity contribution >= 4 is 34.1 Å². The Kier molecular flexibility index (Phi) is 7.36. The third-order valence-electron chi connectivity index (χ3n) is 7.31. The highest BCUT2D eigenvalue weighted by Crippen LogP contribution is 2.30. The van der Waals surface area contributed by atoms with Crippen molar-refractivity contribution in [3.8, 4) is 11.5 Å². The summed E-state index contributed by atoms with van der Waals surface area (Å²) >= 11 is 0. The van der Waals surface area contributed by atoms with Crippen LogP contribution in [0.2, 0.25) is 0 Å². The third kappa shape index (κ3) is 5.49. The molecule has 1 saturated heterocycles. The molecule has 10 heteroatoms. The van der Waals surface area contributed by atoms with Gasteiger partial charge in [-0.15, -0.1) is 0 Å². The number of amides is 1. The normalized spacial score (nSPS) is 13.3. The van der Waals surface area contributed by atoms with Gasteiger partial charge in [-0.1, -0.05) is 24.3 Å². The Morgan fingerprint density at radius 2 is 1.59 bits per heavy atom. The van der Waals surface area contributed by atoms with Crippen molar-refractivity contribution in [1.29, 1.82) is 0 Å². The zero-order valence-electron chi connectivity index (χ0n) is 23.0.